The number of β-amino-alcohol motifs (C(OH)–C–C–N with tert-alkyl or cyclic N) is 1. The summed E-state index contributed by atoms with van der Waals surface area (Å²) in [6, 6.07) is 0. The Bertz CT molecular complexity index is 384. The van der Waals surface area contributed by atoms with Crippen LogP contribution in [0.2, 0.25) is 0 Å². The molecular formula is C24H56N6O3. The first-order chi connectivity index (χ1) is 16.2. The number of hydrogen-bond acceptors (Lipinski definition) is 9. The number of piperazine rings is 3. The molecule has 33 heavy (non-hydrogen) atoms. The molecule has 0 bridgehead atoms. The summed E-state index contributed by atoms with van der Waals surface area (Å²) in [5.41, 5.74) is 0. The number of aliphatic hydroxyl groups is 1. The van der Waals surface area contributed by atoms with E-state index in [2.05, 4.69) is 37.6 Å². The Kier molecular flexibility index (Phi) is 28.6. The van der Waals surface area contributed by atoms with E-state index in [0.29, 0.717) is 19.8 Å². The number of nitrogens with one attached hydrogen (secondary N) is 3. The summed E-state index contributed by atoms with van der Waals surface area (Å²) < 4.78 is 4.84. The number of rotatable bonds is 6. The molecule has 9 nitrogen and oxygen atoms in total. The minimum atomic E-state index is -0.112. The highest BCUT2D eigenvalue weighted by Crippen LogP contribution is 1.92. The Morgan fingerprint density at radius 3 is 1.45 bits per heavy atom. The Balaban J connectivity index is 0. The third-order valence-electron chi connectivity index (χ3n) is 5.15. The summed E-state index contributed by atoms with van der Waals surface area (Å²) in [6.07, 6.45) is 0. The second-order valence-corrected chi connectivity index (χ2v) is 7.33. The highest BCUT2D eigenvalue weighted by atomic mass is 16.5. The van der Waals surface area contributed by atoms with Gasteiger partial charge in [-0.05, 0) is 13.5 Å². The molecule has 3 heterocycles. The average Bonchev–Trinajstić information content (AvgIpc) is 2.89. The van der Waals surface area contributed by atoms with Crippen LogP contribution >= 0.6 is 0 Å². The van der Waals surface area contributed by atoms with Gasteiger partial charge in [0.15, 0.2) is 0 Å². The molecular weight excluding hydrogens is 420 g/mol. The Labute approximate surface area is 204 Å². The highest BCUT2D eigenvalue weighted by molar-refractivity contribution is 5.71. The van der Waals surface area contributed by atoms with Gasteiger partial charge in [0.1, 0.15) is 0 Å². The van der Waals surface area contributed by atoms with E-state index in [4.69, 9.17) is 9.84 Å². The minimum absolute atomic E-state index is 0.112. The molecule has 0 amide bonds. The van der Waals surface area contributed by atoms with Crippen LogP contribution in [0.4, 0.5) is 0 Å². The monoisotopic (exact) mass is 476 g/mol. The number of nitrogens with zero attached hydrogens (tertiary/aromatic N) is 3. The van der Waals surface area contributed by atoms with Crippen LogP contribution in [0.15, 0.2) is 0 Å². The molecule has 0 atom stereocenters. The molecule has 0 aromatic rings. The van der Waals surface area contributed by atoms with Gasteiger partial charge in [0.2, 0.25) is 0 Å². The fourth-order valence-electron chi connectivity index (χ4n) is 3.36. The summed E-state index contributed by atoms with van der Waals surface area (Å²) >= 11 is 0. The van der Waals surface area contributed by atoms with Crippen molar-refractivity contribution in [3.8, 4) is 0 Å². The predicted octanol–water partition coefficient (Wildman–Crippen LogP) is 0.303. The van der Waals surface area contributed by atoms with Gasteiger partial charge in [-0.3, -0.25) is 14.6 Å². The quantitative estimate of drug-likeness (QED) is 0.404. The topological polar surface area (TPSA) is 92.3 Å². The van der Waals surface area contributed by atoms with Crippen molar-refractivity contribution in [2.75, 3.05) is 111 Å². The van der Waals surface area contributed by atoms with E-state index in [-0.39, 0.29) is 5.97 Å². The summed E-state index contributed by atoms with van der Waals surface area (Å²) in [5, 5.41) is 18.3. The number of hydrogen-bond donors (Lipinski definition) is 4. The molecule has 3 rings (SSSR count). The van der Waals surface area contributed by atoms with Crippen LogP contribution in [0, 0.1) is 0 Å². The maximum absolute atomic E-state index is 11.0. The predicted molar refractivity (Wildman–Crippen MR) is 140 cm³/mol. The number of likely N-dealkylation sites (N-methyl/N-ethyl adjacent to an activating group) is 1. The minimum Gasteiger partial charge on any atom is -0.465 e. The van der Waals surface area contributed by atoms with E-state index in [1.165, 1.54) is 32.7 Å². The Morgan fingerprint density at radius 1 is 0.727 bits per heavy atom. The van der Waals surface area contributed by atoms with Gasteiger partial charge in [0.25, 0.3) is 0 Å². The van der Waals surface area contributed by atoms with E-state index < -0.39 is 0 Å². The first-order valence-corrected chi connectivity index (χ1v) is 13.2. The van der Waals surface area contributed by atoms with Gasteiger partial charge >= 0.3 is 5.97 Å². The van der Waals surface area contributed by atoms with E-state index >= 15 is 0 Å². The zero-order chi connectivity index (χ0) is 25.2. The van der Waals surface area contributed by atoms with Crippen LogP contribution in [0.1, 0.15) is 41.5 Å². The lowest BCUT2D eigenvalue weighted by Crippen LogP contribution is -2.45. The summed E-state index contributed by atoms with van der Waals surface area (Å²) in [7, 11) is 0. The lowest BCUT2D eigenvalue weighted by molar-refractivity contribution is -0.144. The number of esters is 1. The molecule has 4 N–H and O–H groups in total. The zero-order valence-corrected chi connectivity index (χ0v) is 22.6. The van der Waals surface area contributed by atoms with E-state index in [9.17, 15) is 4.79 Å². The van der Waals surface area contributed by atoms with Crippen molar-refractivity contribution in [2.24, 2.45) is 0 Å². The van der Waals surface area contributed by atoms with Crippen LogP contribution in [0.3, 0.4) is 0 Å². The van der Waals surface area contributed by atoms with Crippen LogP contribution in [0.25, 0.3) is 0 Å². The van der Waals surface area contributed by atoms with E-state index in [1.54, 1.807) is 0 Å². The Morgan fingerprint density at radius 2 is 1.12 bits per heavy atom. The molecule has 9 heteroatoms. The summed E-state index contributed by atoms with van der Waals surface area (Å²) in [5.74, 6) is -0.112. The van der Waals surface area contributed by atoms with Gasteiger partial charge in [-0.1, -0.05) is 34.6 Å². The second-order valence-electron chi connectivity index (χ2n) is 7.33. The molecule has 0 radical (unpaired) electrons. The van der Waals surface area contributed by atoms with Crippen LogP contribution < -0.4 is 16.0 Å². The molecule has 0 aromatic carbocycles. The molecule has 3 saturated heterocycles. The van der Waals surface area contributed by atoms with Gasteiger partial charge in [-0.25, -0.2) is 0 Å². The Hall–Kier alpha value is -0.810. The largest absolute Gasteiger partial charge is 0.465 e. The van der Waals surface area contributed by atoms with Crippen molar-refractivity contribution < 1.29 is 14.6 Å². The molecule has 0 aliphatic carbocycles. The number of aliphatic hydroxyl groups excluding tert-OH is 1. The first kappa shape index (κ1) is 34.4. The van der Waals surface area contributed by atoms with Crippen molar-refractivity contribution >= 4 is 5.97 Å². The lowest BCUT2D eigenvalue weighted by Gasteiger charge is -2.25. The maximum Gasteiger partial charge on any atom is 0.320 e. The standard InChI is InChI=1S/C8H16N2O2.C6H14N2O.C6H14N2.2C2H6/c1-2-12-8(11)7-10-5-3-9-4-6-10;9-6-5-8-3-1-7-2-4-8;1-2-8-5-3-7-4-6-8;2*1-2/h9H,2-7H2,1H3;7,9H,1-6H2;7H,2-6H2,1H3;2*1-2H3. The fourth-order valence-corrected chi connectivity index (χ4v) is 3.36. The van der Waals surface area contributed by atoms with Crippen molar-refractivity contribution in [3.63, 3.8) is 0 Å². The molecule has 3 aliphatic rings. The number of carbonyl (C=O) groups excluding carboxylic acids is 1. The third-order valence-corrected chi connectivity index (χ3v) is 5.15. The summed E-state index contributed by atoms with van der Waals surface area (Å²) in [4.78, 5) is 17.8. The van der Waals surface area contributed by atoms with Crippen molar-refractivity contribution in [1.82, 2.24) is 30.7 Å². The van der Waals surface area contributed by atoms with Crippen LogP contribution in [-0.4, -0.2) is 137 Å². The van der Waals surface area contributed by atoms with Crippen molar-refractivity contribution in [3.05, 3.63) is 0 Å². The smallest absolute Gasteiger partial charge is 0.320 e. The van der Waals surface area contributed by atoms with Gasteiger partial charge in [0, 0.05) is 85.1 Å². The van der Waals surface area contributed by atoms with E-state index in [1.807, 2.05) is 34.6 Å². The van der Waals surface area contributed by atoms with Gasteiger partial charge in [0.05, 0.1) is 19.8 Å². The van der Waals surface area contributed by atoms with Gasteiger partial charge < -0.3 is 30.7 Å². The average molecular weight is 477 g/mol. The van der Waals surface area contributed by atoms with Gasteiger partial charge in [-0.15, -0.1) is 0 Å². The fraction of sp³-hybridized carbons (Fsp3) is 0.958. The number of carbonyl (C=O) groups is 1. The normalized spacial score (nSPS) is 19.1. The zero-order valence-electron chi connectivity index (χ0n) is 22.6. The number of ether oxygens (including phenoxy) is 1. The van der Waals surface area contributed by atoms with Crippen molar-refractivity contribution in [2.45, 2.75) is 41.5 Å². The maximum atomic E-state index is 11.0. The summed E-state index contributed by atoms with van der Waals surface area (Å²) in [6.45, 7) is 28.2. The first-order valence-electron chi connectivity index (χ1n) is 13.2. The molecule has 3 fully saturated rings. The molecule has 3 aliphatic heterocycles. The highest BCUT2D eigenvalue weighted by Gasteiger charge is 2.13. The lowest BCUT2D eigenvalue weighted by atomic mass is 10.3. The SMILES string of the molecule is CC.CC.CCN1CCNCC1.CCOC(=O)CN1CCNCC1.OCCN1CCNCC1. The molecule has 0 saturated carbocycles. The molecule has 0 aromatic heterocycles. The van der Waals surface area contributed by atoms with Gasteiger partial charge in [-0.2, -0.15) is 0 Å². The molecule has 0 spiro atoms. The van der Waals surface area contributed by atoms with E-state index in [0.717, 1.165) is 58.9 Å². The van der Waals surface area contributed by atoms with Crippen LogP contribution in [-0.2, 0) is 9.53 Å². The van der Waals surface area contributed by atoms with Crippen LogP contribution in [0.5, 0.6) is 0 Å². The molecule has 0 unspecified atom stereocenters. The molecule has 200 valence electrons. The second kappa shape index (κ2) is 27.4. The third kappa shape index (κ3) is 21.5. The van der Waals surface area contributed by atoms with Crippen molar-refractivity contribution in [1.29, 1.82) is 0 Å².